The minimum Gasteiger partial charge on any atom is -0.497 e. The monoisotopic (exact) mass is 347 g/mol. The van der Waals surface area contributed by atoms with Crippen molar-refractivity contribution in [1.82, 2.24) is 5.32 Å². The summed E-state index contributed by atoms with van der Waals surface area (Å²) in [5.41, 5.74) is 3.02. The molecule has 0 aliphatic rings. The van der Waals surface area contributed by atoms with Crippen molar-refractivity contribution in [3.05, 3.63) is 65.2 Å². The van der Waals surface area contributed by atoms with Crippen molar-refractivity contribution in [3.63, 3.8) is 0 Å². The number of hydrogen-bond donors (Lipinski definition) is 1. The van der Waals surface area contributed by atoms with Crippen LogP contribution in [0, 0.1) is 0 Å². The first-order valence-electron chi connectivity index (χ1n) is 6.79. The van der Waals surface area contributed by atoms with Crippen molar-refractivity contribution in [2.45, 2.75) is 11.8 Å². The summed E-state index contributed by atoms with van der Waals surface area (Å²) in [4.78, 5) is 12.0. The number of amides is 1. The fourth-order valence-corrected chi connectivity index (χ4v) is 2.33. The molecule has 0 fully saturated rings. The van der Waals surface area contributed by atoms with Crippen LogP contribution >= 0.6 is 15.9 Å². The van der Waals surface area contributed by atoms with Gasteiger partial charge in [0.15, 0.2) is 0 Å². The molecular weight excluding hydrogens is 330 g/mol. The number of halogens is 1. The number of nitrogens with one attached hydrogen (secondary N) is 1. The zero-order valence-corrected chi connectivity index (χ0v) is 13.5. The summed E-state index contributed by atoms with van der Waals surface area (Å²) in [5.74, 6) is 0.805. The van der Waals surface area contributed by atoms with Crippen LogP contribution in [0.3, 0.4) is 0 Å². The molecule has 0 saturated heterocycles. The lowest BCUT2D eigenvalue weighted by Crippen LogP contribution is -2.25. The molecule has 0 heterocycles. The quantitative estimate of drug-likeness (QED) is 0.811. The molecule has 0 bridgehead atoms. The third kappa shape index (κ3) is 4.60. The molecule has 0 aromatic heterocycles. The fourth-order valence-electron chi connectivity index (χ4n) is 1.96. The number of hydrogen-bond acceptors (Lipinski definition) is 2. The summed E-state index contributed by atoms with van der Waals surface area (Å²) in [6.45, 7) is 0.616. The largest absolute Gasteiger partial charge is 0.497 e. The van der Waals surface area contributed by atoms with Crippen LogP contribution in [0.2, 0.25) is 0 Å². The molecule has 0 unspecified atom stereocenters. The normalized spacial score (nSPS) is 10.2. The van der Waals surface area contributed by atoms with E-state index in [0.717, 1.165) is 23.1 Å². The first-order valence-corrected chi connectivity index (χ1v) is 7.91. The molecule has 4 heteroatoms. The van der Waals surface area contributed by atoms with E-state index in [2.05, 4.69) is 21.2 Å². The minimum atomic E-state index is -0.0374. The van der Waals surface area contributed by atoms with E-state index in [-0.39, 0.29) is 5.91 Å². The summed E-state index contributed by atoms with van der Waals surface area (Å²) in [5, 5.41) is 3.73. The molecular formula is C17H18BrNO2. The maximum absolute atomic E-state index is 12.0. The van der Waals surface area contributed by atoms with E-state index < -0.39 is 0 Å². The van der Waals surface area contributed by atoms with Gasteiger partial charge in [-0.05, 0) is 41.8 Å². The molecule has 0 radical (unpaired) electrons. The molecule has 0 saturated carbocycles. The zero-order valence-electron chi connectivity index (χ0n) is 11.9. The van der Waals surface area contributed by atoms with E-state index >= 15 is 0 Å². The van der Waals surface area contributed by atoms with Crippen LogP contribution in [0.5, 0.6) is 5.75 Å². The van der Waals surface area contributed by atoms with Crippen LogP contribution in [0.25, 0.3) is 0 Å². The van der Waals surface area contributed by atoms with Gasteiger partial charge in [0.25, 0.3) is 5.91 Å². The molecule has 1 N–H and O–H groups in total. The third-order valence-electron chi connectivity index (χ3n) is 3.23. The molecule has 2 aromatic carbocycles. The highest BCUT2D eigenvalue weighted by molar-refractivity contribution is 9.08. The molecule has 21 heavy (non-hydrogen) atoms. The van der Waals surface area contributed by atoms with Crippen LogP contribution in [-0.4, -0.2) is 19.6 Å². The van der Waals surface area contributed by atoms with Crippen molar-refractivity contribution in [2.24, 2.45) is 0 Å². The number of benzene rings is 2. The van der Waals surface area contributed by atoms with E-state index in [0.29, 0.717) is 12.1 Å². The molecule has 1 amide bonds. The summed E-state index contributed by atoms with van der Waals surface area (Å²) in [6.07, 6.45) is 0.801. The van der Waals surface area contributed by atoms with Crippen molar-refractivity contribution in [1.29, 1.82) is 0 Å². The topological polar surface area (TPSA) is 38.3 Å². The van der Waals surface area contributed by atoms with Crippen molar-refractivity contribution in [3.8, 4) is 5.75 Å². The van der Waals surface area contributed by atoms with Gasteiger partial charge >= 0.3 is 0 Å². The molecule has 3 nitrogen and oxygen atoms in total. The third-order valence-corrected chi connectivity index (χ3v) is 3.88. The fraction of sp³-hybridized carbons (Fsp3) is 0.235. The maximum atomic E-state index is 12.0. The average molecular weight is 348 g/mol. The van der Waals surface area contributed by atoms with Gasteiger partial charge in [0, 0.05) is 17.4 Å². The number of carbonyl (C=O) groups is 1. The van der Waals surface area contributed by atoms with Crippen LogP contribution in [-0.2, 0) is 11.8 Å². The van der Waals surface area contributed by atoms with Crippen LogP contribution in [0.15, 0.2) is 48.5 Å². The van der Waals surface area contributed by atoms with Crippen molar-refractivity contribution in [2.75, 3.05) is 13.7 Å². The minimum absolute atomic E-state index is 0.0374. The lowest BCUT2D eigenvalue weighted by Gasteiger charge is -2.07. The summed E-state index contributed by atoms with van der Waals surface area (Å²) in [6, 6.07) is 15.5. The van der Waals surface area contributed by atoms with E-state index in [9.17, 15) is 4.79 Å². The zero-order chi connectivity index (χ0) is 15.1. The Morgan fingerprint density at radius 3 is 2.24 bits per heavy atom. The summed E-state index contributed by atoms with van der Waals surface area (Å²) < 4.78 is 5.12. The van der Waals surface area contributed by atoms with Gasteiger partial charge in [-0.15, -0.1) is 0 Å². The van der Waals surface area contributed by atoms with Gasteiger partial charge in [0.2, 0.25) is 0 Å². The second kappa shape index (κ2) is 7.84. The van der Waals surface area contributed by atoms with E-state index in [1.807, 2.05) is 48.5 Å². The van der Waals surface area contributed by atoms with E-state index in [1.165, 1.54) is 5.56 Å². The Kier molecular flexibility index (Phi) is 5.81. The van der Waals surface area contributed by atoms with E-state index in [1.54, 1.807) is 7.11 Å². The number of ether oxygens (including phenoxy) is 1. The second-order valence-electron chi connectivity index (χ2n) is 4.68. The van der Waals surface area contributed by atoms with Gasteiger partial charge in [0.05, 0.1) is 7.11 Å². The number of carbonyl (C=O) groups excluding carboxylic acids is 1. The highest BCUT2D eigenvalue weighted by atomic mass is 79.9. The van der Waals surface area contributed by atoms with E-state index in [4.69, 9.17) is 4.74 Å². The van der Waals surface area contributed by atoms with Gasteiger partial charge in [-0.3, -0.25) is 4.79 Å². The first kappa shape index (κ1) is 15.6. The number of methoxy groups -OCH3 is 1. The lowest BCUT2D eigenvalue weighted by atomic mass is 10.1. The second-order valence-corrected chi connectivity index (χ2v) is 5.25. The van der Waals surface area contributed by atoms with Gasteiger partial charge in [-0.2, -0.15) is 0 Å². The lowest BCUT2D eigenvalue weighted by molar-refractivity contribution is 0.0954. The molecule has 0 aliphatic heterocycles. The molecule has 2 rings (SSSR count). The summed E-state index contributed by atoms with van der Waals surface area (Å²) in [7, 11) is 1.65. The van der Waals surface area contributed by atoms with Crippen LogP contribution < -0.4 is 10.1 Å². The van der Waals surface area contributed by atoms with Gasteiger partial charge in [-0.25, -0.2) is 0 Å². The van der Waals surface area contributed by atoms with Gasteiger partial charge in [0.1, 0.15) is 5.75 Å². The SMILES string of the molecule is COc1ccc(CCNC(=O)c2ccc(CBr)cc2)cc1. The standard InChI is InChI=1S/C17H18BrNO2/c1-21-16-8-4-13(5-9-16)10-11-19-17(20)15-6-2-14(12-18)3-7-15/h2-9H,10-12H2,1H3,(H,19,20). The average Bonchev–Trinajstić information content (AvgIpc) is 2.55. The molecule has 0 atom stereocenters. The van der Waals surface area contributed by atoms with Gasteiger partial charge in [-0.1, -0.05) is 40.2 Å². The molecule has 2 aromatic rings. The predicted octanol–water partition coefficient (Wildman–Crippen LogP) is 3.56. The van der Waals surface area contributed by atoms with Crippen LogP contribution in [0.4, 0.5) is 0 Å². The Morgan fingerprint density at radius 1 is 1.05 bits per heavy atom. The Hall–Kier alpha value is -1.81. The number of rotatable bonds is 6. The molecule has 0 spiro atoms. The smallest absolute Gasteiger partial charge is 0.251 e. The highest BCUT2D eigenvalue weighted by Gasteiger charge is 2.04. The predicted molar refractivity (Wildman–Crippen MR) is 88.1 cm³/mol. The Bertz CT molecular complexity index is 579. The maximum Gasteiger partial charge on any atom is 0.251 e. The first-order chi connectivity index (χ1) is 10.2. The van der Waals surface area contributed by atoms with Crippen molar-refractivity contribution >= 4 is 21.8 Å². The Morgan fingerprint density at radius 2 is 1.67 bits per heavy atom. The van der Waals surface area contributed by atoms with Gasteiger partial charge < -0.3 is 10.1 Å². The summed E-state index contributed by atoms with van der Waals surface area (Å²) >= 11 is 3.39. The highest BCUT2D eigenvalue weighted by Crippen LogP contribution is 2.11. The molecule has 0 aliphatic carbocycles. The Balaban J connectivity index is 1.82. The molecule has 110 valence electrons. The number of alkyl halides is 1. The van der Waals surface area contributed by atoms with Crippen molar-refractivity contribution < 1.29 is 9.53 Å². The Labute approximate surface area is 133 Å². The van der Waals surface area contributed by atoms with Crippen LogP contribution in [0.1, 0.15) is 21.5 Å².